The number of hydrogen-bond donors (Lipinski definition) is 2. The van der Waals surface area contributed by atoms with Gasteiger partial charge in [-0.15, -0.1) is 0 Å². The van der Waals surface area contributed by atoms with E-state index in [1.165, 1.54) is 5.56 Å². The molecule has 1 saturated heterocycles. The van der Waals surface area contributed by atoms with Gasteiger partial charge in [0.1, 0.15) is 0 Å². The summed E-state index contributed by atoms with van der Waals surface area (Å²) in [6.07, 6.45) is 3.52. The lowest BCUT2D eigenvalue weighted by Crippen LogP contribution is -2.48. The van der Waals surface area contributed by atoms with Gasteiger partial charge in [0.2, 0.25) is 5.91 Å². The van der Waals surface area contributed by atoms with Crippen LogP contribution in [-0.2, 0) is 11.2 Å². The van der Waals surface area contributed by atoms with Crippen molar-refractivity contribution in [1.29, 1.82) is 0 Å². The maximum absolute atomic E-state index is 12.7. The number of amides is 3. The summed E-state index contributed by atoms with van der Waals surface area (Å²) in [5, 5.41) is 6.09. The zero-order valence-electron chi connectivity index (χ0n) is 17.4. The Hall–Kier alpha value is -2.82. The average Bonchev–Trinajstić information content (AvgIpc) is 2.73. The third-order valence-corrected chi connectivity index (χ3v) is 5.45. The molecule has 1 fully saturated rings. The van der Waals surface area contributed by atoms with E-state index in [1.807, 2.05) is 56.3 Å². The van der Waals surface area contributed by atoms with Crippen LogP contribution < -0.4 is 10.6 Å². The molecule has 154 valence electrons. The number of rotatable bonds is 6. The van der Waals surface area contributed by atoms with Crippen molar-refractivity contribution < 1.29 is 9.59 Å². The lowest BCUT2D eigenvalue weighted by molar-refractivity contribution is -0.126. The number of nitrogens with zero attached hydrogens (tertiary/aromatic N) is 1. The largest absolute Gasteiger partial charge is 0.353 e. The predicted molar refractivity (Wildman–Crippen MR) is 117 cm³/mol. The highest BCUT2D eigenvalue weighted by Crippen LogP contribution is 2.19. The van der Waals surface area contributed by atoms with E-state index in [0.29, 0.717) is 13.1 Å². The van der Waals surface area contributed by atoms with E-state index in [4.69, 9.17) is 0 Å². The molecular formula is C24H31N3O2. The summed E-state index contributed by atoms with van der Waals surface area (Å²) >= 11 is 0. The van der Waals surface area contributed by atoms with E-state index >= 15 is 0 Å². The van der Waals surface area contributed by atoms with Gasteiger partial charge in [0, 0.05) is 24.8 Å². The Morgan fingerprint density at radius 2 is 1.93 bits per heavy atom. The van der Waals surface area contributed by atoms with Crippen LogP contribution >= 0.6 is 0 Å². The van der Waals surface area contributed by atoms with Gasteiger partial charge in [-0.05, 0) is 62.8 Å². The van der Waals surface area contributed by atoms with Crippen LogP contribution in [0.3, 0.4) is 0 Å². The Kier molecular flexibility index (Phi) is 7.28. The number of nitrogens with one attached hydrogen (secondary N) is 2. The zero-order chi connectivity index (χ0) is 20.6. The van der Waals surface area contributed by atoms with E-state index in [0.717, 1.165) is 36.9 Å². The Balaban J connectivity index is 1.47. The van der Waals surface area contributed by atoms with Gasteiger partial charge in [-0.1, -0.05) is 42.5 Å². The predicted octanol–water partition coefficient (Wildman–Crippen LogP) is 4.38. The molecule has 5 nitrogen and oxygen atoms in total. The summed E-state index contributed by atoms with van der Waals surface area (Å²) in [5.41, 5.74) is 3.17. The molecule has 2 aromatic carbocycles. The van der Waals surface area contributed by atoms with Crippen molar-refractivity contribution in [2.24, 2.45) is 5.92 Å². The summed E-state index contributed by atoms with van der Waals surface area (Å²) in [4.78, 5) is 27.1. The van der Waals surface area contributed by atoms with Crippen molar-refractivity contribution >= 4 is 17.6 Å². The van der Waals surface area contributed by atoms with Gasteiger partial charge in [-0.2, -0.15) is 0 Å². The molecule has 1 aliphatic rings. The monoisotopic (exact) mass is 393 g/mol. The van der Waals surface area contributed by atoms with Gasteiger partial charge < -0.3 is 15.5 Å². The maximum Gasteiger partial charge on any atom is 0.321 e. The van der Waals surface area contributed by atoms with Crippen LogP contribution in [-0.4, -0.2) is 36.0 Å². The summed E-state index contributed by atoms with van der Waals surface area (Å²) in [6, 6.07) is 18.0. The SMILES string of the molecule is Cc1cccc(NC(=O)N2CCCC(C(=O)NC(C)CCc3ccccc3)C2)c1. The van der Waals surface area contributed by atoms with E-state index in [-0.39, 0.29) is 23.9 Å². The minimum Gasteiger partial charge on any atom is -0.353 e. The number of carbonyl (C=O) groups is 2. The zero-order valence-corrected chi connectivity index (χ0v) is 17.4. The molecular weight excluding hydrogens is 362 g/mol. The molecule has 0 radical (unpaired) electrons. The fraction of sp³-hybridized carbons (Fsp3) is 0.417. The Morgan fingerprint density at radius 3 is 2.69 bits per heavy atom. The summed E-state index contributed by atoms with van der Waals surface area (Å²) in [6.45, 7) is 5.20. The van der Waals surface area contributed by atoms with Crippen LogP contribution in [0.1, 0.15) is 37.3 Å². The minimum atomic E-state index is -0.147. The molecule has 0 aromatic heterocycles. The third kappa shape index (κ3) is 6.34. The van der Waals surface area contributed by atoms with Crippen molar-refractivity contribution in [2.75, 3.05) is 18.4 Å². The number of piperidine rings is 1. The molecule has 0 saturated carbocycles. The van der Waals surface area contributed by atoms with Gasteiger partial charge in [0.05, 0.1) is 5.92 Å². The van der Waals surface area contributed by atoms with Crippen molar-refractivity contribution in [3.05, 3.63) is 65.7 Å². The maximum atomic E-state index is 12.7. The van der Waals surface area contributed by atoms with Gasteiger partial charge in [-0.3, -0.25) is 4.79 Å². The van der Waals surface area contributed by atoms with E-state index in [2.05, 4.69) is 22.8 Å². The van der Waals surface area contributed by atoms with Crippen molar-refractivity contribution in [3.63, 3.8) is 0 Å². The second-order valence-electron chi connectivity index (χ2n) is 8.02. The van der Waals surface area contributed by atoms with Crippen LogP contribution in [0, 0.1) is 12.8 Å². The molecule has 1 aliphatic heterocycles. The average molecular weight is 394 g/mol. The van der Waals surface area contributed by atoms with Crippen LogP contribution in [0.15, 0.2) is 54.6 Å². The van der Waals surface area contributed by atoms with Gasteiger partial charge in [0.15, 0.2) is 0 Å². The Labute approximate surface area is 173 Å². The number of aryl methyl sites for hydroxylation is 2. The van der Waals surface area contributed by atoms with Crippen LogP contribution in [0.5, 0.6) is 0 Å². The van der Waals surface area contributed by atoms with Gasteiger partial charge >= 0.3 is 6.03 Å². The topological polar surface area (TPSA) is 61.4 Å². The van der Waals surface area contributed by atoms with E-state index in [9.17, 15) is 9.59 Å². The molecule has 2 N–H and O–H groups in total. The molecule has 0 spiro atoms. The number of carbonyl (C=O) groups excluding carboxylic acids is 2. The molecule has 2 atom stereocenters. The Morgan fingerprint density at radius 1 is 1.14 bits per heavy atom. The van der Waals surface area contributed by atoms with Crippen LogP contribution in [0.25, 0.3) is 0 Å². The first-order chi connectivity index (χ1) is 14.0. The number of urea groups is 1. The lowest BCUT2D eigenvalue weighted by atomic mass is 9.96. The van der Waals surface area contributed by atoms with Crippen molar-refractivity contribution in [2.45, 2.75) is 45.6 Å². The van der Waals surface area contributed by atoms with Gasteiger partial charge in [0.25, 0.3) is 0 Å². The minimum absolute atomic E-state index is 0.0543. The van der Waals surface area contributed by atoms with Crippen LogP contribution in [0.2, 0.25) is 0 Å². The van der Waals surface area contributed by atoms with Crippen molar-refractivity contribution in [3.8, 4) is 0 Å². The molecule has 2 unspecified atom stereocenters. The highest BCUT2D eigenvalue weighted by molar-refractivity contribution is 5.90. The van der Waals surface area contributed by atoms with E-state index < -0.39 is 0 Å². The molecule has 2 aromatic rings. The number of benzene rings is 2. The fourth-order valence-electron chi connectivity index (χ4n) is 3.76. The highest BCUT2D eigenvalue weighted by Gasteiger charge is 2.29. The molecule has 0 aliphatic carbocycles. The first-order valence-corrected chi connectivity index (χ1v) is 10.5. The first-order valence-electron chi connectivity index (χ1n) is 10.5. The quantitative estimate of drug-likeness (QED) is 0.765. The fourth-order valence-corrected chi connectivity index (χ4v) is 3.76. The third-order valence-electron chi connectivity index (χ3n) is 5.45. The number of anilines is 1. The molecule has 3 rings (SSSR count). The summed E-state index contributed by atoms with van der Waals surface area (Å²) in [7, 11) is 0. The number of hydrogen-bond acceptors (Lipinski definition) is 2. The van der Waals surface area contributed by atoms with Gasteiger partial charge in [-0.25, -0.2) is 4.79 Å². The first kappa shape index (κ1) is 20.9. The molecule has 1 heterocycles. The smallest absolute Gasteiger partial charge is 0.321 e. The molecule has 3 amide bonds. The van der Waals surface area contributed by atoms with E-state index in [1.54, 1.807) is 4.90 Å². The van der Waals surface area contributed by atoms with Crippen LogP contribution in [0.4, 0.5) is 10.5 Å². The highest BCUT2D eigenvalue weighted by atomic mass is 16.2. The lowest BCUT2D eigenvalue weighted by Gasteiger charge is -2.32. The molecule has 0 bridgehead atoms. The second-order valence-corrected chi connectivity index (χ2v) is 8.02. The second kappa shape index (κ2) is 10.1. The standard InChI is InChI=1S/C24H31N3O2/c1-18-8-6-12-22(16-18)26-24(29)27-15-7-11-21(17-27)23(28)25-19(2)13-14-20-9-4-3-5-10-20/h3-6,8-10,12,16,19,21H,7,11,13-15,17H2,1-2H3,(H,25,28)(H,26,29). The summed E-state index contributed by atoms with van der Waals surface area (Å²) in [5.74, 6) is -0.0928. The Bertz CT molecular complexity index is 822. The summed E-state index contributed by atoms with van der Waals surface area (Å²) < 4.78 is 0. The number of likely N-dealkylation sites (tertiary alicyclic amines) is 1. The van der Waals surface area contributed by atoms with Crippen molar-refractivity contribution in [1.82, 2.24) is 10.2 Å². The normalized spacial score (nSPS) is 17.4. The molecule has 29 heavy (non-hydrogen) atoms. The molecule has 5 heteroatoms.